The Bertz CT molecular complexity index is 563. The van der Waals surface area contributed by atoms with Crippen molar-refractivity contribution >= 4 is 11.6 Å². The predicted octanol–water partition coefficient (Wildman–Crippen LogP) is 4.07. The van der Waals surface area contributed by atoms with Crippen LogP contribution in [0.4, 0.5) is 4.39 Å². The summed E-state index contributed by atoms with van der Waals surface area (Å²) in [5.74, 6) is 0.263. The summed E-state index contributed by atoms with van der Waals surface area (Å²) in [6.07, 6.45) is 2.01. The summed E-state index contributed by atoms with van der Waals surface area (Å²) in [6.45, 7) is 6.83. The highest BCUT2D eigenvalue weighted by molar-refractivity contribution is 6.30. The van der Waals surface area contributed by atoms with Crippen LogP contribution in [0.25, 0.3) is 0 Å². The van der Waals surface area contributed by atoms with Crippen LogP contribution in [0, 0.1) is 11.7 Å². The Kier molecular flexibility index (Phi) is 5.21. The summed E-state index contributed by atoms with van der Waals surface area (Å²) in [5, 5.41) is 3.58. The lowest BCUT2D eigenvalue weighted by molar-refractivity contribution is 0.539. The van der Waals surface area contributed by atoms with Gasteiger partial charge in [-0.1, -0.05) is 31.5 Å². The molecule has 0 aliphatic rings. The van der Waals surface area contributed by atoms with Crippen molar-refractivity contribution in [1.29, 1.82) is 0 Å². The number of hydrogen-bond donors (Lipinski definition) is 1. The molecule has 1 aromatic heterocycles. The molecule has 0 aliphatic heterocycles. The number of nitrogens with one attached hydrogen (secondary N) is 1. The molecule has 0 bridgehead atoms. The summed E-state index contributed by atoms with van der Waals surface area (Å²) in [7, 11) is 0. The standard InChI is InChI=1S/C16H20ClFN2/c1-12(2)9-19-10-14-4-3-7-20(14)11-13-5-6-15(17)16(18)8-13/h3-8,12,19H,9-11H2,1-2H3. The Hall–Kier alpha value is -1.32. The fourth-order valence-corrected chi connectivity index (χ4v) is 2.21. The molecule has 0 unspecified atom stereocenters. The molecule has 20 heavy (non-hydrogen) atoms. The third-order valence-corrected chi connectivity index (χ3v) is 3.43. The second-order valence-corrected chi connectivity index (χ2v) is 5.81. The third kappa shape index (κ3) is 4.09. The first-order valence-corrected chi connectivity index (χ1v) is 7.22. The highest BCUT2D eigenvalue weighted by Crippen LogP contribution is 2.17. The number of nitrogens with zero attached hydrogens (tertiary/aromatic N) is 1. The third-order valence-electron chi connectivity index (χ3n) is 3.12. The van der Waals surface area contributed by atoms with E-state index in [4.69, 9.17) is 11.6 Å². The van der Waals surface area contributed by atoms with E-state index >= 15 is 0 Å². The van der Waals surface area contributed by atoms with Crippen LogP contribution in [0.15, 0.2) is 36.5 Å². The monoisotopic (exact) mass is 294 g/mol. The highest BCUT2D eigenvalue weighted by Gasteiger charge is 2.05. The van der Waals surface area contributed by atoms with Crippen molar-refractivity contribution in [3.8, 4) is 0 Å². The number of aromatic nitrogens is 1. The van der Waals surface area contributed by atoms with Gasteiger partial charge in [0.15, 0.2) is 0 Å². The van der Waals surface area contributed by atoms with E-state index in [1.54, 1.807) is 6.07 Å². The zero-order valence-electron chi connectivity index (χ0n) is 11.9. The van der Waals surface area contributed by atoms with E-state index < -0.39 is 0 Å². The molecular formula is C16H20ClFN2. The van der Waals surface area contributed by atoms with Crippen molar-refractivity contribution < 1.29 is 4.39 Å². The van der Waals surface area contributed by atoms with E-state index in [1.165, 1.54) is 11.8 Å². The maximum atomic E-state index is 13.4. The van der Waals surface area contributed by atoms with Gasteiger partial charge in [-0.25, -0.2) is 4.39 Å². The van der Waals surface area contributed by atoms with Crippen LogP contribution >= 0.6 is 11.6 Å². The fraction of sp³-hybridized carbons (Fsp3) is 0.375. The molecule has 0 saturated carbocycles. The molecule has 0 aliphatic carbocycles. The van der Waals surface area contributed by atoms with Crippen LogP contribution in [0.1, 0.15) is 25.1 Å². The van der Waals surface area contributed by atoms with E-state index in [9.17, 15) is 4.39 Å². The van der Waals surface area contributed by atoms with Gasteiger partial charge in [0.1, 0.15) is 5.82 Å². The first-order chi connectivity index (χ1) is 9.56. The van der Waals surface area contributed by atoms with Gasteiger partial charge < -0.3 is 9.88 Å². The minimum atomic E-state index is -0.365. The summed E-state index contributed by atoms with van der Waals surface area (Å²) in [4.78, 5) is 0. The fourth-order valence-electron chi connectivity index (χ4n) is 2.09. The molecule has 108 valence electrons. The first-order valence-electron chi connectivity index (χ1n) is 6.85. The Morgan fingerprint density at radius 2 is 2.10 bits per heavy atom. The normalized spacial score (nSPS) is 11.2. The maximum Gasteiger partial charge on any atom is 0.142 e. The second kappa shape index (κ2) is 6.91. The Morgan fingerprint density at radius 1 is 1.30 bits per heavy atom. The van der Waals surface area contributed by atoms with Gasteiger partial charge in [0.05, 0.1) is 5.02 Å². The number of hydrogen-bond acceptors (Lipinski definition) is 1. The molecule has 0 amide bonds. The van der Waals surface area contributed by atoms with Gasteiger partial charge in [-0.15, -0.1) is 0 Å². The molecule has 0 spiro atoms. The quantitative estimate of drug-likeness (QED) is 0.849. The minimum Gasteiger partial charge on any atom is -0.346 e. The molecule has 1 N–H and O–H groups in total. The summed E-state index contributed by atoms with van der Waals surface area (Å²) < 4.78 is 15.6. The zero-order chi connectivity index (χ0) is 14.5. The molecule has 0 atom stereocenters. The van der Waals surface area contributed by atoms with Crippen LogP contribution < -0.4 is 5.32 Å². The van der Waals surface area contributed by atoms with E-state index in [0.717, 1.165) is 18.7 Å². The van der Waals surface area contributed by atoms with E-state index in [1.807, 2.05) is 18.3 Å². The van der Waals surface area contributed by atoms with Gasteiger partial charge >= 0.3 is 0 Å². The number of rotatable bonds is 6. The van der Waals surface area contributed by atoms with Crippen molar-refractivity contribution in [1.82, 2.24) is 9.88 Å². The molecule has 0 saturated heterocycles. The topological polar surface area (TPSA) is 17.0 Å². The Labute approximate surface area is 124 Å². The van der Waals surface area contributed by atoms with E-state index in [2.05, 4.69) is 29.8 Å². The van der Waals surface area contributed by atoms with Crippen molar-refractivity contribution in [2.75, 3.05) is 6.54 Å². The van der Waals surface area contributed by atoms with Crippen molar-refractivity contribution in [2.24, 2.45) is 5.92 Å². The summed E-state index contributed by atoms with van der Waals surface area (Å²) in [6, 6.07) is 9.05. The van der Waals surface area contributed by atoms with Crippen LogP contribution in [0.2, 0.25) is 5.02 Å². The first kappa shape index (κ1) is 15.1. The van der Waals surface area contributed by atoms with Crippen molar-refractivity contribution in [3.63, 3.8) is 0 Å². The minimum absolute atomic E-state index is 0.167. The van der Waals surface area contributed by atoms with Gasteiger partial charge in [-0.05, 0) is 42.3 Å². The molecule has 0 radical (unpaired) electrons. The molecule has 0 fully saturated rings. The molecule has 1 aromatic carbocycles. The molecule has 2 nitrogen and oxygen atoms in total. The molecule has 2 rings (SSSR count). The zero-order valence-corrected chi connectivity index (χ0v) is 12.6. The van der Waals surface area contributed by atoms with Gasteiger partial charge in [-0.2, -0.15) is 0 Å². The largest absolute Gasteiger partial charge is 0.346 e. The smallest absolute Gasteiger partial charge is 0.142 e. The SMILES string of the molecule is CC(C)CNCc1cccn1Cc1ccc(Cl)c(F)c1. The van der Waals surface area contributed by atoms with Gasteiger partial charge in [0.25, 0.3) is 0 Å². The lowest BCUT2D eigenvalue weighted by atomic mass is 10.2. The average molecular weight is 295 g/mol. The van der Waals surface area contributed by atoms with Gasteiger partial charge in [0.2, 0.25) is 0 Å². The van der Waals surface area contributed by atoms with E-state index in [-0.39, 0.29) is 10.8 Å². The lowest BCUT2D eigenvalue weighted by Crippen LogP contribution is -2.20. The van der Waals surface area contributed by atoms with Gasteiger partial charge in [-0.3, -0.25) is 0 Å². The van der Waals surface area contributed by atoms with Crippen LogP contribution in [-0.2, 0) is 13.1 Å². The van der Waals surface area contributed by atoms with Gasteiger partial charge in [0, 0.05) is 25.0 Å². The Morgan fingerprint density at radius 3 is 2.80 bits per heavy atom. The van der Waals surface area contributed by atoms with Crippen molar-refractivity contribution in [2.45, 2.75) is 26.9 Å². The lowest BCUT2D eigenvalue weighted by Gasteiger charge is -2.12. The summed E-state index contributed by atoms with van der Waals surface area (Å²) in [5.41, 5.74) is 2.11. The van der Waals surface area contributed by atoms with Crippen LogP contribution in [0.3, 0.4) is 0 Å². The van der Waals surface area contributed by atoms with Crippen LogP contribution in [-0.4, -0.2) is 11.1 Å². The number of benzene rings is 1. The maximum absolute atomic E-state index is 13.4. The molecule has 2 aromatic rings. The molecular weight excluding hydrogens is 275 g/mol. The Balaban J connectivity index is 2.02. The van der Waals surface area contributed by atoms with Crippen LogP contribution in [0.5, 0.6) is 0 Å². The number of halogens is 2. The van der Waals surface area contributed by atoms with Crippen molar-refractivity contribution in [3.05, 3.63) is 58.6 Å². The highest BCUT2D eigenvalue weighted by atomic mass is 35.5. The average Bonchev–Trinajstić information content (AvgIpc) is 2.81. The van der Waals surface area contributed by atoms with E-state index in [0.29, 0.717) is 12.5 Å². The molecule has 1 heterocycles. The second-order valence-electron chi connectivity index (χ2n) is 5.40. The predicted molar refractivity (Wildman–Crippen MR) is 81.5 cm³/mol. The molecule has 4 heteroatoms. The summed E-state index contributed by atoms with van der Waals surface area (Å²) >= 11 is 5.70.